The Morgan fingerprint density at radius 1 is 1.25 bits per heavy atom. The molecule has 0 bridgehead atoms. The van der Waals surface area contributed by atoms with Crippen molar-refractivity contribution in [2.75, 3.05) is 0 Å². The Bertz CT molecular complexity index is 607. The zero-order chi connectivity index (χ0) is 14.9. The summed E-state index contributed by atoms with van der Waals surface area (Å²) in [6.07, 6.45) is 2.61. The predicted molar refractivity (Wildman–Crippen MR) is 75.8 cm³/mol. The molecule has 1 unspecified atom stereocenters. The highest BCUT2D eigenvalue weighted by atomic mass is 28.3. The molecule has 0 aliphatic rings. The van der Waals surface area contributed by atoms with Crippen LogP contribution in [-0.4, -0.2) is 23.1 Å². The van der Waals surface area contributed by atoms with E-state index in [9.17, 15) is 8.78 Å². The molecule has 0 saturated heterocycles. The summed E-state index contributed by atoms with van der Waals surface area (Å²) in [5, 5.41) is 8.06. The van der Waals surface area contributed by atoms with E-state index in [1.54, 1.807) is 10.9 Å². The molecule has 0 aliphatic heterocycles. The summed E-state index contributed by atoms with van der Waals surface area (Å²) >= 11 is 0. The van der Waals surface area contributed by atoms with Gasteiger partial charge in [0.1, 0.15) is 5.69 Å². The Kier molecular flexibility index (Phi) is 4.00. The minimum Gasteiger partial charge on any atom is -0.319 e. The van der Waals surface area contributed by atoms with E-state index in [-0.39, 0.29) is 0 Å². The van der Waals surface area contributed by atoms with Gasteiger partial charge >= 0.3 is 0 Å². The Morgan fingerprint density at radius 2 is 1.95 bits per heavy atom. The number of nitrogens with two attached hydrogens (primary N) is 1. The van der Waals surface area contributed by atoms with Gasteiger partial charge in [0.25, 0.3) is 0 Å². The molecule has 2 N–H and O–H groups in total. The third kappa shape index (κ3) is 3.49. The second-order valence-electron chi connectivity index (χ2n) is 6.05. The van der Waals surface area contributed by atoms with Gasteiger partial charge < -0.3 is 5.73 Å². The van der Waals surface area contributed by atoms with Gasteiger partial charge in [-0.05, 0) is 17.7 Å². The monoisotopic (exact) mass is 296 g/mol. The standard InChI is InChI=1S/C13H18F2N4Si/c1-20(2,3)8-19-7-12(17-18-19)13(16)9-4-5-10(14)11(15)6-9/h4-7,13H,8,16H2,1-3H3. The van der Waals surface area contributed by atoms with Crippen molar-refractivity contribution >= 4 is 8.07 Å². The fraction of sp³-hybridized carbons (Fsp3) is 0.385. The molecule has 1 heterocycles. The van der Waals surface area contributed by atoms with E-state index in [4.69, 9.17) is 5.73 Å². The highest BCUT2D eigenvalue weighted by Gasteiger charge is 2.18. The number of benzene rings is 1. The lowest BCUT2D eigenvalue weighted by molar-refractivity contribution is 0.506. The minimum absolute atomic E-state index is 0.476. The lowest BCUT2D eigenvalue weighted by atomic mass is 10.1. The van der Waals surface area contributed by atoms with E-state index in [2.05, 4.69) is 30.0 Å². The van der Waals surface area contributed by atoms with Crippen molar-refractivity contribution in [3.8, 4) is 0 Å². The maximum absolute atomic E-state index is 13.2. The number of hydrogen-bond acceptors (Lipinski definition) is 3. The summed E-state index contributed by atoms with van der Waals surface area (Å²) in [5.41, 5.74) is 7.04. The Labute approximate surface area is 117 Å². The lowest BCUT2D eigenvalue weighted by Gasteiger charge is -2.14. The zero-order valence-corrected chi connectivity index (χ0v) is 12.8. The minimum atomic E-state index is -1.31. The highest BCUT2D eigenvalue weighted by Crippen LogP contribution is 2.19. The van der Waals surface area contributed by atoms with Crippen molar-refractivity contribution in [1.29, 1.82) is 0 Å². The summed E-state index contributed by atoms with van der Waals surface area (Å²) in [5.74, 6) is -1.80. The molecule has 0 spiro atoms. The van der Waals surface area contributed by atoms with Crippen molar-refractivity contribution in [3.05, 3.63) is 47.3 Å². The Morgan fingerprint density at radius 3 is 2.55 bits per heavy atom. The molecule has 1 aromatic carbocycles. The van der Waals surface area contributed by atoms with Crippen molar-refractivity contribution in [3.63, 3.8) is 0 Å². The van der Waals surface area contributed by atoms with Crippen LogP contribution in [0.2, 0.25) is 19.6 Å². The molecule has 0 saturated carbocycles. The summed E-state index contributed by atoms with van der Waals surface area (Å²) in [7, 11) is -1.31. The smallest absolute Gasteiger partial charge is 0.159 e. The van der Waals surface area contributed by atoms with Crippen LogP contribution in [0.15, 0.2) is 24.4 Å². The Hall–Kier alpha value is -1.60. The van der Waals surface area contributed by atoms with Gasteiger partial charge in [0.05, 0.1) is 20.3 Å². The normalized spacial score (nSPS) is 13.5. The van der Waals surface area contributed by atoms with Crippen LogP contribution in [0.4, 0.5) is 8.78 Å². The van der Waals surface area contributed by atoms with E-state index in [0.29, 0.717) is 11.3 Å². The molecule has 1 aromatic heterocycles. The fourth-order valence-corrected chi connectivity index (χ4v) is 3.02. The van der Waals surface area contributed by atoms with E-state index in [1.165, 1.54) is 6.07 Å². The molecule has 0 fully saturated rings. The lowest BCUT2D eigenvalue weighted by Crippen LogP contribution is -2.28. The quantitative estimate of drug-likeness (QED) is 0.882. The van der Waals surface area contributed by atoms with Gasteiger partial charge in [-0.2, -0.15) is 0 Å². The van der Waals surface area contributed by atoms with Gasteiger partial charge in [0.15, 0.2) is 11.6 Å². The maximum atomic E-state index is 13.2. The van der Waals surface area contributed by atoms with Crippen molar-refractivity contribution in [1.82, 2.24) is 15.0 Å². The van der Waals surface area contributed by atoms with E-state index < -0.39 is 25.8 Å². The summed E-state index contributed by atoms with van der Waals surface area (Å²) in [4.78, 5) is 0. The van der Waals surface area contributed by atoms with Crippen LogP contribution in [0.3, 0.4) is 0 Å². The average Bonchev–Trinajstić information content (AvgIpc) is 2.78. The number of hydrogen-bond donors (Lipinski definition) is 1. The summed E-state index contributed by atoms with van der Waals surface area (Å²) < 4.78 is 27.9. The first-order valence-corrected chi connectivity index (χ1v) is 10.1. The third-order valence-electron chi connectivity index (χ3n) is 2.81. The van der Waals surface area contributed by atoms with Gasteiger partial charge in [0.2, 0.25) is 0 Å². The molecule has 4 nitrogen and oxygen atoms in total. The molecular formula is C13H18F2N4Si. The van der Waals surface area contributed by atoms with Crippen LogP contribution < -0.4 is 5.73 Å². The summed E-state index contributed by atoms with van der Waals surface area (Å²) in [6, 6.07) is 3.01. The zero-order valence-electron chi connectivity index (χ0n) is 11.8. The van der Waals surface area contributed by atoms with Crippen LogP contribution in [0, 0.1) is 11.6 Å². The van der Waals surface area contributed by atoms with Crippen LogP contribution in [0.1, 0.15) is 17.3 Å². The highest BCUT2D eigenvalue weighted by molar-refractivity contribution is 6.74. The Balaban J connectivity index is 2.20. The van der Waals surface area contributed by atoms with E-state index in [0.717, 1.165) is 18.3 Å². The predicted octanol–water partition coefficient (Wildman–Crippen LogP) is 2.48. The molecule has 0 radical (unpaired) electrons. The van der Waals surface area contributed by atoms with Crippen molar-refractivity contribution in [2.45, 2.75) is 31.9 Å². The van der Waals surface area contributed by atoms with Crippen LogP contribution in [0.5, 0.6) is 0 Å². The van der Waals surface area contributed by atoms with Gasteiger partial charge in [-0.3, -0.25) is 4.68 Å². The first kappa shape index (κ1) is 14.8. The molecule has 1 atom stereocenters. The van der Waals surface area contributed by atoms with Gasteiger partial charge in [-0.25, -0.2) is 8.78 Å². The van der Waals surface area contributed by atoms with Crippen LogP contribution in [0.25, 0.3) is 0 Å². The SMILES string of the molecule is C[Si](C)(C)Cn1cc(C(N)c2ccc(F)c(F)c2)nn1. The van der Waals surface area contributed by atoms with Gasteiger partial charge in [-0.15, -0.1) is 5.10 Å². The molecule has 108 valence electrons. The summed E-state index contributed by atoms with van der Waals surface area (Å²) in [6.45, 7) is 6.68. The number of nitrogens with zero attached hydrogens (tertiary/aromatic N) is 3. The van der Waals surface area contributed by atoms with Gasteiger partial charge in [-0.1, -0.05) is 30.9 Å². The van der Waals surface area contributed by atoms with Crippen molar-refractivity contribution in [2.24, 2.45) is 5.73 Å². The first-order valence-electron chi connectivity index (χ1n) is 6.37. The van der Waals surface area contributed by atoms with E-state index >= 15 is 0 Å². The molecule has 0 aliphatic carbocycles. The largest absolute Gasteiger partial charge is 0.319 e. The first-order chi connectivity index (χ1) is 9.26. The molecule has 2 aromatic rings. The third-order valence-corrected chi connectivity index (χ3v) is 4.09. The van der Waals surface area contributed by atoms with Crippen LogP contribution >= 0.6 is 0 Å². The molecule has 7 heteroatoms. The maximum Gasteiger partial charge on any atom is 0.159 e. The molecular weight excluding hydrogens is 278 g/mol. The van der Waals surface area contributed by atoms with Gasteiger partial charge in [0, 0.05) is 6.17 Å². The fourth-order valence-electron chi connectivity index (χ4n) is 1.90. The van der Waals surface area contributed by atoms with E-state index in [1.807, 2.05) is 0 Å². The number of rotatable bonds is 4. The second kappa shape index (κ2) is 5.41. The number of aromatic nitrogens is 3. The average molecular weight is 296 g/mol. The number of halogens is 2. The molecule has 20 heavy (non-hydrogen) atoms. The van der Waals surface area contributed by atoms with Crippen molar-refractivity contribution < 1.29 is 8.78 Å². The molecule has 0 amide bonds. The van der Waals surface area contributed by atoms with Crippen LogP contribution in [-0.2, 0) is 6.17 Å². The topological polar surface area (TPSA) is 56.7 Å². The second-order valence-corrected chi connectivity index (χ2v) is 11.5. The molecule has 2 rings (SSSR count).